The predicted molar refractivity (Wildman–Crippen MR) is 206 cm³/mol. The molecule has 4 heterocycles. The Balaban J connectivity index is 1.05. The number of fused-ring (bicyclic) bond motifs is 1. The lowest BCUT2D eigenvalue weighted by atomic mass is 9.82. The predicted octanol–water partition coefficient (Wildman–Crippen LogP) is 9.05. The van der Waals surface area contributed by atoms with E-state index in [2.05, 4.69) is 35.2 Å². The number of hydrogen-bond donors (Lipinski definition) is 0. The van der Waals surface area contributed by atoms with Crippen molar-refractivity contribution in [3.05, 3.63) is 102 Å². The van der Waals surface area contributed by atoms with E-state index < -0.39 is 5.60 Å². The molecule has 9 heteroatoms. The van der Waals surface area contributed by atoms with Crippen LogP contribution in [0.1, 0.15) is 64.0 Å². The highest BCUT2D eigenvalue weighted by molar-refractivity contribution is 6.01. The summed E-state index contributed by atoms with van der Waals surface area (Å²) >= 11 is 0. The Morgan fingerprint density at radius 3 is 2.00 bits per heavy atom. The van der Waals surface area contributed by atoms with Crippen molar-refractivity contribution in [2.45, 2.75) is 71.7 Å². The van der Waals surface area contributed by atoms with Crippen LogP contribution in [0.5, 0.6) is 11.8 Å². The number of benzene rings is 3. The number of aryl methyl sites for hydroxylation is 1. The molecule has 9 nitrogen and oxygen atoms in total. The maximum absolute atomic E-state index is 12.5. The number of pyridine rings is 1. The van der Waals surface area contributed by atoms with Crippen molar-refractivity contribution < 1.29 is 19.0 Å². The maximum Gasteiger partial charge on any atom is 0.410 e. The van der Waals surface area contributed by atoms with E-state index in [1.54, 1.807) is 0 Å². The summed E-state index contributed by atoms with van der Waals surface area (Å²) < 4.78 is 20.1. The summed E-state index contributed by atoms with van der Waals surface area (Å²) in [6, 6.07) is 30.7. The van der Waals surface area contributed by atoms with Gasteiger partial charge >= 0.3 is 6.09 Å². The molecule has 52 heavy (non-hydrogen) atoms. The average molecular weight is 702 g/mol. The third-order valence-corrected chi connectivity index (χ3v) is 10.3. The third kappa shape index (κ3) is 8.52. The topological polar surface area (TPSA) is 82.0 Å². The molecule has 2 saturated heterocycles. The first kappa shape index (κ1) is 35.4. The van der Waals surface area contributed by atoms with Crippen molar-refractivity contribution in [2.24, 2.45) is 18.9 Å². The van der Waals surface area contributed by atoms with Gasteiger partial charge in [-0.2, -0.15) is 10.1 Å². The number of likely N-dealkylation sites (tertiary alicyclic amines) is 1. The standard InChI is InChI=1S/C43H51N5O4/c1-43(2,3)52-42(49)48-26-22-32(23-27-48)28-31-20-24-47(25-21-31)37-17-11-16-35-39(45-46(4)40(35)37)36-18-19-38(50-29-33-12-7-5-8-13-33)44-41(36)51-30-34-14-9-6-10-15-34/h5-19,31-32H,20-30H2,1-4H3. The van der Waals surface area contributed by atoms with Gasteiger partial charge < -0.3 is 24.0 Å². The second kappa shape index (κ2) is 15.7. The van der Waals surface area contributed by atoms with Gasteiger partial charge in [0.2, 0.25) is 11.8 Å². The summed E-state index contributed by atoms with van der Waals surface area (Å²) in [6.07, 6.45) is 5.51. The number of piperidine rings is 2. The molecular weight excluding hydrogens is 651 g/mol. The van der Waals surface area contributed by atoms with Crippen LogP contribution in [0, 0.1) is 11.8 Å². The molecular formula is C43H51N5O4. The first-order valence-corrected chi connectivity index (χ1v) is 18.7. The second-order valence-electron chi connectivity index (χ2n) is 15.3. The number of para-hydroxylation sites is 1. The largest absolute Gasteiger partial charge is 0.473 e. The fourth-order valence-corrected chi connectivity index (χ4v) is 7.58. The number of hydrogen-bond acceptors (Lipinski definition) is 7. The molecule has 0 atom stereocenters. The summed E-state index contributed by atoms with van der Waals surface area (Å²) in [4.78, 5) is 21.8. The van der Waals surface area contributed by atoms with Crippen LogP contribution < -0.4 is 14.4 Å². The number of ether oxygens (including phenoxy) is 3. The van der Waals surface area contributed by atoms with Crippen LogP contribution in [0.2, 0.25) is 0 Å². The van der Waals surface area contributed by atoms with Gasteiger partial charge in [0, 0.05) is 44.7 Å². The molecule has 0 radical (unpaired) electrons. The minimum atomic E-state index is -0.454. The van der Waals surface area contributed by atoms with Gasteiger partial charge in [0.1, 0.15) is 24.5 Å². The van der Waals surface area contributed by atoms with Gasteiger partial charge in [-0.1, -0.05) is 72.8 Å². The van der Waals surface area contributed by atoms with Crippen LogP contribution in [0.15, 0.2) is 91.0 Å². The van der Waals surface area contributed by atoms with Crippen LogP contribution in [0.25, 0.3) is 22.2 Å². The minimum Gasteiger partial charge on any atom is -0.473 e. The van der Waals surface area contributed by atoms with E-state index in [4.69, 9.17) is 24.3 Å². The number of rotatable bonds is 10. The molecule has 2 aliphatic rings. The normalized spacial score (nSPS) is 15.9. The molecule has 7 rings (SSSR count). The van der Waals surface area contributed by atoms with Crippen molar-refractivity contribution in [2.75, 3.05) is 31.1 Å². The van der Waals surface area contributed by atoms with E-state index >= 15 is 0 Å². The molecule has 1 amide bonds. The lowest BCUT2D eigenvalue weighted by Gasteiger charge is -2.38. The molecule has 272 valence electrons. The Hall–Kier alpha value is -5.05. The highest BCUT2D eigenvalue weighted by atomic mass is 16.6. The van der Waals surface area contributed by atoms with Crippen molar-refractivity contribution in [3.8, 4) is 23.0 Å². The Kier molecular flexibility index (Phi) is 10.7. The first-order valence-electron chi connectivity index (χ1n) is 18.7. The molecule has 5 aromatic rings. The van der Waals surface area contributed by atoms with Crippen molar-refractivity contribution in [3.63, 3.8) is 0 Å². The highest BCUT2D eigenvalue weighted by Gasteiger charge is 2.30. The van der Waals surface area contributed by atoms with Gasteiger partial charge in [0.25, 0.3) is 0 Å². The number of carbonyl (C=O) groups excluding carboxylic acids is 1. The van der Waals surface area contributed by atoms with E-state index in [-0.39, 0.29) is 6.09 Å². The Morgan fingerprint density at radius 1 is 0.750 bits per heavy atom. The molecule has 2 aliphatic heterocycles. The van der Waals surface area contributed by atoms with Gasteiger partial charge in [0.05, 0.1) is 16.8 Å². The van der Waals surface area contributed by atoms with Crippen molar-refractivity contribution in [1.82, 2.24) is 19.7 Å². The molecule has 2 fully saturated rings. The van der Waals surface area contributed by atoms with Crippen LogP contribution in [0.3, 0.4) is 0 Å². The van der Waals surface area contributed by atoms with Gasteiger partial charge in [-0.05, 0) is 88.0 Å². The van der Waals surface area contributed by atoms with E-state index in [0.717, 1.165) is 72.3 Å². The van der Waals surface area contributed by atoms with Gasteiger partial charge in [-0.15, -0.1) is 0 Å². The van der Waals surface area contributed by atoms with Gasteiger partial charge in [0.15, 0.2) is 0 Å². The number of amides is 1. The lowest BCUT2D eigenvalue weighted by Crippen LogP contribution is -2.42. The highest BCUT2D eigenvalue weighted by Crippen LogP contribution is 2.40. The maximum atomic E-state index is 12.5. The summed E-state index contributed by atoms with van der Waals surface area (Å²) in [5.74, 6) is 2.37. The quantitative estimate of drug-likeness (QED) is 0.144. The summed E-state index contributed by atoms with van der Waals surface area (Å²) in [7, 11) is 2.03. The molecule has 0 saturated carbocycles. The van der Waals surface area contributed by atoms with Crippen molar-refractivity contribution >= 4 is 22.7 Å². The fourth-order valence-electron chi connectivity index (χ4n) is 7.58. The Morgan fingerprint density at radius 2 is 1.37 bits per heavy atom. The zero-order valence-electron chi connectivity index (χ0n) is 31.0. The minimum absolute atomic E-state index is 0.177. The monoisotopic (exact) mass is 701 g/mol. The zero-order chi connectivity index (χ0) is 36.1. The summed E-state index contributed by atoms with van der Waals surface area (Å²) in [6.45, 7) is 10.2. The van der Waals surface area contributed by atoms with Crippen LogP contribution in [0.4, 0.5) is 10.5 Å². The van der Waals surface area contributed by atoms with Crippen molar-refractivity contribution in [1.29, 1.82) is 0 Å². The SMILES string of the molecule is Cn1nc(-c2ccc(OCc3ccccc3)nc2OCc2ccccc2)c2cccc(N3CCC(CC4CCN(C(=O)OC(C)(C)C)CC4)CC3)c21. The molecule has 3 aromatic carbocycles. The number of carbonyl (C=O) groups is 1. The molecule has 0 N–H and O–H groups in total. The van der Waals surface area contributed by atoms with Crippen LogP contribution >= 0.6 is 0 Å². The first-order chi connectivity index (χ1) is 25.2. The van der Waals surface area contributed by atoms with E-state index in [1.165, 1.54) is 24.9 Å². The third-order valence-electron chi connectivity index (χ3n) is 10.3. The molecule has 0 bridgehead atoms. The summed E-state index contributed by atoms with van der Waals surface area (Å²) in [5, 5.41) is 6.15. The zero-order valence-corrected chi connectivity index (χ0v) is 31.0. The molecule has 0 spiro atoms. The van der Waals surface area contributed by atoms with Gasteiger partial charge in [-0.25, -0.2) is 4.79 Å². The number of aromatic nitrogens is 3. The second-order valence-corrected chi connectivity index (χ2v) is 15.3. The lowest BCUT2D eigenvalue weighted by molar-refractivity contribution is 0.0174. The molecule has 0 unspecified atom stereocenters. The summed E-state index contributed by atoms with van der Waals surface area (Å²) in [5.41, 5.74) is 5.69. The number of anilines is 1. The van der Waals surface area contributed by atoms with Crippen LogP contribution in [-0.2, 0) is 25.0 Å². The van der Waals surface area contributed by atoms with Crippen LogP contribution in [-0.4, -0.2) is 57.5 Å². The fraction of sp³-hybridized carbons (Fsp3) is 0.419. The Labute approximate surface area is 307 Å². The molecule has 2 aromatic heterocycles. The van der Waals surface area contributed by atoms with E-state index in [0.29, 0.717) is 36.8 Å². The average Bonchev–Trinajstić information content (AvgIpc) is 3.50. The smallest absolute Gasteiger partial charge is 0.410 e. The Bertz CT molecular complexity index is 1940. The number of nitrogens with zero attached hydrogens (tertiary/aromatic N) is 5. The van der Waals surface area contributed by atoms with E-state index in [1.807, 2.05) is 98.1 Å². The van der Waals surface area contributed by atoms with Gasteiger partial charge in [-0.3, -0.25) is 4.68 Å². The molecule has 0 aliphatic carbocycles. The van der Waals surface area contributed by atoms with E-state index in [9.17, 15) is 4.79 Å².